The molecular formula is C138H80B3N3O4S2. The molecule has 0 saturated heterocycles. The van der Waals surface area contributed by atoms with Gasteiger partial charge in [-0.25, -0.2) is 0 Å². The van der Waals surface area contributed by atoms with Crippen LogP contribution in [0.1, 0.15) is 0 Å². The predicted octanol–water partition coefficient (Wildman–Crippen LogP) is 31.3. The number of ether oxygens (including phenoxy) is 3. The molecule has 0 saturated carbocycles. The fourth-order valence-electron chi connectivity index (χ4n) is 26.0. The topological polar surface area (TPSA) is 54.1 Å². The number of benzene rings is 23. The van der Waals surface area contributed by atoms with E-state index in [1.807, 2.05) is 22.7 Å². The summed E-state index contributed by atoms with van der Waals surface area (Å²) in [5.41, 5.74) is 35.9. The van der Waals surface area contributed by atoms with Gasteiger partial charge in [0.25, 0.3) is 20.1 Å². The van der Waals surface area contributed by atoms with Gasteiger partial charge in [0, 0.05) is 116 Å². The van der Waals surface area contributed by atoms with E-state index in [0.717, 1.165) is 78.5 Å². The van der Waals surface area contributed by atoms with Crippen LogP contribution in [0.5, 0.6) is 34.5 Å². The molecule has 35 rings (SSSR count). The number of para-hydroxylation sites is 10. The van der Waals surface area contributed by atoms with E-state index in [9.17, 15) is 0 Å². The van der Waals surface area contributed by atoms with Gasteiger partial charge in [0.05, 0.1) is 55.0 Å². The van der Waals surface area contributed by atoms with Crippen molar-refractivity contribution in [2.45, 2.75) is 0 Å². The number of aromatic nitrogens is 3. The summed E-state index contributed by atoms with van der Waals surface area (Å²) in [6, 6.07) is 176. The van der Waals surface area contributed by atoms with Crippen LogP contribution in [-0.2, 0) is 0 Å². The number of fused-ring (bicyclic) bond motifs is 36. The molecule has 0 aliphatic carbocycles. The van der Waals surface area contributed by atoms with E-state index in [1.54, 1.807) is 0 Å². The molecule has 0 bridgehead atoms. The number of hydrogen-bond acceptors (Lipinski definition) is 6. The van der Waals surface area contributed by atoms with Crippen molar-refractivity contribution in [2.24, 2.45) is 0 Å². The molecule has 150 heavy (non-hydrogen) atoms. The average molecular weight is 1940 g/mol. The normalized spacial score (nSPS) is 12.8. The Kier molecular flexibility index (Phi) is 18.1. The Labute approximate surface area is 869 Å². The zero-order valence-electron chi connectivity index (χ0n) is 80.7. The zero-order valence-corrected chi connectivity index (χ0v) is 82.3. The van der Waals surface area contributed by atoms with Crippen molar-refractivity contribution in [3.63, 3.8) is 0 Å². The lowest BCUT2D eigenvalue weighted by molar-refractivity contribution is 0.487. The summed E-state index contributed by atoms with van der Waals surface area (Å²) in [7, 11) is 0. The predicted molar refractivity (Wildman–Crippen MR) is 636 cm³/mol. The molecule has 0 fully saturated rings. The van der Waals surface area contributed by atoms with Crippen LogP contribution >= 0.6 is 22.7 Å². The van der Waals surface area contributed by atoms with Gasteiger partial charge in [-0.1, -0.05) is 386 Å². The van der Waals surface area contributed by atoms with Gasteiger partial charge < -0.3 is 31.8 Å². The van der Waals surface area contributed by atoms with E-state index < -0.39 is 0 Å². The highest BCUT2D eigenvalue weighted by Crippen LogP contribution is 2.53. The molecule has 12 heteroatoms. The summed E-state index contributed by atoms with van der Waals surface area (Å²) in [5.74, 6) is 5.51. The first-order chi connectivity index (χ1) is 74.4. The summed E-state index contributed by atoms with van der Waals surface area (Å²) >= 11 is 3.84. The molecule has 0 radical (unpaired) electrons. The molecule has 3 aliphatic rings. The molecular weight excluding hydrogens is 1860 g/mol. The van der Waals surface area contributed by atoms with E-state index in [1.165, 1.54) is 237 Å². The van der Waals surface area contributed by atoms with Crippen LogP contribution in [0.4, 0.5) is 0 Å². The van der Waals surface area contributed by atoms with Crippen LogP contribution in [0.15, 0.2) is 490 Å². The van der Waals surface area contributed by atoms with Gasteiger partial charge in [-0.05, 0) is 198 Å². The summed E-state index contributed by atoms with van der Waals surface area (Å²) in [5, 5.41) is 23.2. The maximum Gasteiger partial charge on any atom is 0.251 e. The molecule has 7 nitrogen and oxygen atoms in total. The lowest BCUT2D eigenvalue weighted by Gasteiger charge is -2.28. The third kappa shape index (κ3) is 12.3. The van der Waals surface area contributed by atoms with Crippen LogP contribution in [-0.4, -0.2) is 33.3 Å². The van der Waals surface area contributed by atoms with Crippen molar-refractivity contribution < 1.29 is 18.6 Å². The molecule has 3 aliphatic heterocycles. The highest BCUT2D eigenvalue weighted by Gasteiger charge is 2.38. The second kappa shape index (κ2) is 32.4. The molecule has 0 unspecified atom stereocenters. The second-order valence-corrected chi connectivity index (χ2v) is 42.6. The lowest BCUT2D eigenvalue weighted by atomic mass is 9.35. The highest BCUT2D eigenvalue weighted by molar-refractivity contribution is 7.27. The summed E-state index contributed by atoms with van der Waals surface area (Å²) in [6.45, 7) is 0.158. The van der Waals surface area contributed by atoms with Gasteiger partial charge in [-0.3, -0.25) is 0 Å². The molecule has 0 atom stereocenters. The number of rotatable bonds is 8. The van der Waals surface area contributed by atoms with Crippen molar-refractivity contribution >= 4 is 269 Å². The first kappa shape index (κ1) is 83.6. The molecule has 12 heterocycles. The van der Waals surface area contributed by atoms with Gasteiger partial charge in [0.15, 0.2) is 0 Å². The fraction of sp³-hybridized carbons (Fsp3) is 0. The Morgan fingerprint density at radius 3 is 1.01 bits per heavy atom. The fourth-order valence-corrected chi connectivity index (χ4v) is 28.5. The van der Waals surface area contributed by atoms with Gasteiger partial charge in [0.1, 0.15) is 45.7 Å². The van der Waals surface area contributed by atoms with Crippen LogP contribution in [0, 0.1) is 0 Å². The maximum absolute atomic E-state index is 7.15. The summed E-state index contributed by atoms with van der Waals surface area (Å²) in [4.78, 5) is 0. The Morgan fingerprint density at radius 1 is 0.173 bits per heavy atom. The molecule has 0 spiro atoms. The number of nitrogens with zero attached hydrogens (tertiary/aromatic N) is 3. The Bertz CT molecular complexity index is 11100. The third-order valence-electron chi connectivity index (χ3n) is 32.5. The van der Waals surface area contributed by atoms with Gasteiger partial charge in [0.2, 0.25) is 0 Å². The lowest BCUT2D eigenvalue weighted by Crippen LogP contribution is -2.55. The number of thiophene rings is 2. The molecule has 0 N–H and O–H groups in total. The minimum atomic E-state index is -0.0628. The van der Waals surface area contributed by atoms with Gasteiger partial charge >= 0.3 is 0 Å². The molecule has 9 aromatic heterocycles. The minimum absolute atomic E-state index is 0.0628. The first-order valence-electron chi connectivity index (χ1n) is 51.5. The Hall–Kier alpha value is -18.7. The minimum Gasteiger partial charge on any atom is -0.458 e. The van der Waals surface area contributed by atoms with Crippen LogP contribution in [0.3, 0.4) is 0 Å². The van der Waals surface area contributed by atoms with Crippen molar-refractivity contribution in [3.05, 3.63) is 485 Å². The highest BCUT2D eigenvalue weighted by atomic mass is 32.1. The molecule has 23 aromatic carbocycles. The third-order valence-corrected chi connectivity index (χ3v) is 34.9. The van der Waals surface area contributed by atoms with E-state index >= 15 is 0 Å². The average Bonchev–Trinajstić information content (AvgIpc) is 1.53. The van der Waals surface area contributed by atoms with Crippen molar-refractivity contribution in [2.75, 3.05) is 0 Å². The standard InChI is InChI=1S/C54H32BNO2.2C42H24BNOS/c1-3-13-33(14-4-1)35-25-27-49-45(30-35)55(46-31-36(26-28-50(46)57-49)34-15-5-2-6-16-34)38-18-11-17-37(29-38)39-21-12-22-41-44-32-43-40-19-7-9-23-47(40)56-48-24-10-8-20-42(48)51(52(43)56)54(44)58-53(39)41;1-5-16-35-29(13-1)40-41-31(24-32-28-12-2-8-19-39(28)46-42(32)40)30-23-26(20-21-36(30)44(35)41)25-10-9-11-27(22-25)43-33-14-3-6-17-37(33)45-38-18-7-4-15-34(38)43;1-5-16-35-28(12-1)31-24-32-30-23-26(20-21-39(30)46-42(32)40-29-13-2-6-17-36(29)44(35)41(31)40)25-10-9-11-27(22-25)43-33-14-3-7-18-37(33)45-38-19-8-4-15-34(38)43/h1-32H;2*1-24H. The van der Waals surface area contributed by atoms with Gasteiger partial charge in [-0.2, -0.15) is 0 Å². The Balaban J connectivity index is 0.0000000984. The smallest absolute Gasteiger partial charge is 0.251 e. The number of furan rings is 1. The van der Waals surface area contributed by atoms with E-state index in [4.69, 9.17) is 18.6 Å². The Morgan fingerprint density at radius 2 is 0.500 bits per heavy atom. The molecule has 32 aromatic rings. The molecule has 0 amide bonds. The van der Waals surface area contributed by atoms with Crippen LogP contribution in [0.2, 0.25) is 0 Å². The van der Waals surface area contributed by atoms with Crippen LogP contribution in [0.25, 0.3) is 232 Å². The van der Waals surface area contributed by atoms with E-state index in [-0.39, 0.29) is 20.1 Å². The zero-order chi connectivity index (χ0) is 97.8. The van der Waals surface area contributed by atoms with Crippen LogP contribution < -0.4 is 63.4 Å². The maximum atomic E-state index is 7.15. The van der Waals surface area contributed by atoms with Crippen molar-refractivity contribution in [1.82, 2.24) is 13.2 Å². The quantitative estimate of drug-likeness (QED) is 0.142. The van der Waals surface area contributed by atoms with Gasteiger partial charge in [-0.15, -0.1) is 22.7 Å². The monoisotopic (exact) mass is 1940 g/mol. The number of hydrogen-bond donors (Lipinski definition) is 0. The molecule has 692 valence electrons. The summed E-state index contributed by atoms with van der Waals surface area (Å²) in [6.07, 6.45) is 0. The van der Waals surface area contributed by atoms with E-state index in [0.29, 0.717) is 0 Å². The first-order valence-corrected chi connectivity index (χ1v) is 53.2. The van der Waals surface area contributed by atoms with Crippen molar-refractivity contribution in [3.8, 4) is 90.1 Å². The SMILES string of the molecule is c1cc(B2c3ccccc3Oc3ccccc32)cc(-c2ccc3c(c2)c2cc4c5ccccc5sc4c4c5ccccc5n3c24)c1.c1cc(B2c3ccccc3Oc3ccccc32)cc(-c2ccc3sc4c(cc5c6ccccc6n6c7ccccc7c4c56)c3c2)c1.c1ccc(-c2ccc3c(c2)B(c2cccc(-c4cccc5c4oc4c5cc5c6ccccc6n6c7ccccc7c4c56)c2)c2cc(-c4ccccc4)ccc2O3)cc1. The summed E-state index contributed by atoms with van der Waals surface area (Å²) < 4.78 is 39.3. The van der Waals surface area contributed by atoms with E-state index in [2.05, 4.69) is 499 Å². The van der Waals surface area contributed by atoms with Crippen molar-refractivity contribution in [1.29, 1.82) is 0 Å². The largest absolute Gasteiger partial charge is 0.458 e. The second-order valence-electron chi connectivity index (χ2n) is 40.5.